The fraction of sp³-hybridized carbons (Fsp3) is 0.308. The van der Waals surface area contributed by atoms with Crippen molar-refractivity contribution in [3.05, 3.63) is 70.9 Å². The molecule has 8 heteroatoms. The van der Waals surface area contributed by atoms with Gasteiger partial charge in [-0.2, -0.15) is 9.78 Å². The Balaban J connectivity index is 1.37. The Morgan fingerprint density at radius 2 is 1.85 bits per heavy atom. The minimum Gasteiger partial charge on any atom is -0.496 e. The highest BCUT2D eigenvalue weighted by atomic mass is 16.5. The number of fused-ring (bicyclic) bond motifs is 1. The third kappa shape index (κ3) is 4.36. The third-order valence-corrected chi connectivity index (χ3v) is 6.39. The van der Waals surface area contributed by atoms with Crippen LogP contribution in [0.5, 0.6) is 5.75 Å². The molecular weight excluding hydrogens is 428 g/mol. The van der Waals surface area contributed by atoms with E-state index in [1.165, 1.54) is 30.6 Å². The lowest BCUT2D eigenvalue weighted by Crippen LogP contribution is -2.26. The van der Waals surface area contributed by atoms with E-state index in [4.69, 9.17) is 4.74 Å². The maximum Gasteiger partial charge on any atom is 0.282 e. The summed E-state index contributed by atoms with van der Waals surface area (Å²) >= 11 is 0. The summed E-state index contributed by atoms with van der Waals surface area (Å²) in [6.45, 7) is 6.22. The standard InChI is InChI=1S/C26H28N6O2/c1-18-22(6-5-7-24(18)34-2)19-8-9-23-20(14-19)15-30-32(25(23)33)26-28-16-21(17-29-26)27-10-13-31-11-3-4-12-31/h5-9,14-17,27H,3-4,10-13H2,1-2H3. The molecule has 1 N–H and O–H groups in total. The predicted octanol–water partition coefficient (Wildman–Crippen LogP) is 3.67. The van der Waals surface area contributed by atoms with E-state index in [-0.39, 0.29) is 11.5 Å². The summed E-state index contributed by atoms with van der Waals surface area (Å²) in [5.74, 6) is 1.09. The molecule has 2 aromatic carbocycles. The fourth-order valence-corrected chi connectivity index (χ4v) is 4.50. The maximum absolute atomic E-state index is 13.1. The molecule has 0 atom stereocenters. The normalized spacial score (nSPS) is 13.9. The zero-order valence-electron chi connectivity index (χ0n) is 19.5. The number of rotatable bonds is 7. The van der Waals surface area contributed by atoms with Crippen molar-refractivity contribution in [2.75, 3.05) is 38.6 Å². The Kier molecular flexibility index (Phi) is 6.22. The lowest BCUT2D eigenvalue weighted by Gasteiger charge is -2.15. The van der Waals surface area contributed by atoms with Gasteiger partial charge < -0.3 is 15.0 Å². The largest absolute Gasteiger partial charge is 0.496 e. The number of methoxy groups -OCH3 is 1. The Morgan fingerprint density at radius 1 is 1.06 bits per heavy atom. The van der Waals surface area contributed by atoms with Crippen LogP contribution in [0.3, 0.4) is 0 Å². The van der Waals surface area contributed by atoms with E-state index in [0.29, 0.717) is 5.39 Å². The smallest absolute Gasteiger partial charge is 0.282 e. The quantitative estimate of drug-likeness (QED) is 0.454. The van der Waals surface area contributed by atoms with Crippen LogP contribution in [-0.2, 0) is 0 Å². The topological polar surface area (TPSA) is 85.2 Å². The molecule has 1 saturated heterocycles. The monoisotopic (exact) mass is 456 g/mol. The Hall–Kier alpha value is -3.78. The Bertz CT molecular complexity index is 1360. The highest BCUT2D eigenvalue weighted by Gasteiger charge is 2.13. The summed E-state index contributed by atoms with van der Waals surface area (Å²) in [7, 11) is 1.66. The van der Waals surface area contributed by atoms with Gasteiger partial charge in [0.05, 0.1) is 36.8 Å². The van der Waals surface area contributed by atoms with Gasteiger partial charge in [-0.15, -0.1) is 0 Å². The zero-order chi connectivity index (χ0) is 23.5. The minimum atomic E-state index is -0.249. The Morgan fingerprint density at radius 3 is 2.62 bits per heavy atom. The van der Waals surface area contributed by atoms with Gasteiger partial charge in [-0.05, 0) is 67.7 Å². The minimum absolute atomic E-state index is 0.249. The molecule has 0 radical (unpaired) electrons. The Labute approximate surface area is 198 Å². The van der Waals surface area contributed by atoms with E-state index in [0.717, 1.165) is 46.6 Å². The average molecular weight is 457 g/mol. The first-order chi connectivity index (χ1) is 16.6. The first kappa shape index (κ1) is 22.0. The van der Waals surface area contributed by atoms with Crippen molar-refractivity contribution in [2.24, 2.45) is 0 Å². The molecule has 0 bridgehead atoms. The summed E-state index contributed by atoms with van der Waals surface area (Å²) in [6, 6.07) is 11.7. The summed E-state index contributed by atoms with van der Waals surface area (Å²) in [6.07, 6.45) is 7.64. The summed E-state index contributed by atoms with van der Waals surface area (Å²) in [4.78, 5) is 24.3. The van der Waals surface area contributed by atoms with Crippen molar-refractivity contribution < 1.29 is 4.74 Å². The van der Waals surface area contributed by atoms with Gasteiger partial charge in [0.15, 0.2) is 0 Å². The van der Waals surface area contributed by atoms with E-state index in [9.17, 15) is 4.79 Å². The lowest BCUT2D eigenvalue weighted by atomic mass is 9.98. The molecule has 8 nitrogen and oxygen atoms in total. The number of likely N-dealkylation sites (tertiary alicyclic amines) is 1. The number of ether oxygens (including phenoxy) is 1. The highest BCUT2D eigenvalue weighted by Crippen LogP contribution is 2.31. The molecule has 174 valence electrons. The number of benzene rings is 2. The number of hydrogen-bond donors (Lipinski definition) is 1. The lowest BCUT2D eigenvalue weighted by molar-refractivity contribution is 0.352. The molecule has 1 aliphatic rings. The van der Waals surface area contributed by atoms with Gasteiger partial charge in [-0.25, -0.2) is 9.97 Å². The first-order valence-corrected chi connectivity index (χ1v) is 11.6. The van der Waals surface area contributed by atoms with Gasteiger partial charge in [-0.1, -0.05) is 18.2 Å². The predicted molar refractivity (Wildman–Crippen MR) is 134 cm³/mol. The maximum atomic E-state index is 13.1. The van der Waals surface area contributed by atoms with Gasteiger partial charge in [-0.3, -0.25) is 4.79 Å². The van der Waals surface area contributed by atoms with E-state index >= 15 is 0 Å². The van der Waals surface area contributed by atoms with E-state index in [1.807, 2.05) is 43.3 Å². The van der Waals surface area contributed by atoms with Crippen molar-refractivity contribution in [3.63, 3.8) is 0 Å². The molecule has 4 aromatic rings. The highest BCUT2D eigenvalue weighted by molar-refractivity contribution is 5.87. The van der Waals surface area contributed by atoms with E-state index in [1.54, 1.807) is 25.7 Å². The molecule has 0 aliphatic carbocycles. The SMILES string of the molecule is COc1cccc(-c2ccc3c(=O)n(-c4ncc(NCCN5CCCC5)cn4)ncc3c2)c1C. The average Bonchev–Trinajstić information content (AvgIpc) is 3.38. The van der Waals surface area contributed by atoms with E-state index < -0.39 is 0 Å². The molecule has 3 heterocycles. The van der Waals surface area contributed by atoms with Gasteiger partial charge >= 0.3 is 0 Å². The second-order valence-electron chi connectivity index (χ2n) is 8.54. The van der Waals surface area contributed by atoms with Crippen LogP contribution in [0.1, 0.15) is 18.4 Å². The van der Waals surface area contributed by atoms with Crippen LogP contribution in [0.25, 0.3) is 27.8 Å². The number of aromatic nitrogens is 4. The van der Waals surface area contributed by atoms with Crippen molar-refractivity contribution in [3.8, 4) is 22.8 Å². The number of hydrogen-bond acceptors (Lipinski definition) is 7. The number of nitrogens with zero attached hydrogens (tertiary/aromatic N) is 5. The van der Waals surface area contributed by atoms with Crippen LogP contribution < -0.4 is 15.6 Å². The molecule has 1 fully saturated rings. The molecule has 5 rings (SSSR count). The molecule has 1 aliphatic heterocycles. The first-order valence-electron chi connectivity index (χ1n) is 11.6. The number of nitrogens with one attached hydrogen (secondary N) is 1. The third-order valence-electron chi connectivity index (χ3n) is 6.39. The summed E-state index contributed by atoms with van der Waals surface area (Å²) < 4.78 is 6.69. The second kappa shape index (κ2) is 9.61. The van der Waals surface area contributed by atoms with Crippen molar-refractivity contribution in [1.82, 2.24) is 24.6 Å². The number of anilines is 1. The van der Waals surface area contributed by atoms with Crippen molar-refractivity contribution in [2.45, 2.75) is 19.8 Å². The molecular formula is C26H28N6O2. The van der Waals surface area contributed by atoms with Gasteiger partial charge in [0.1, 0.15) is 5.75 Å². The zero-order valence-corrected chi connectivity index (χ0v) is 19.5. The molecule has 0 amide bonds. The van der Waals surface area contributed by atoms with Gasteiger partial charge in [0, 0.05) is 18.5 Å². The van der Waals surface area contributed by atoms with Crippen LogP contribution in [0.4, 0.5) is 5.69 Å². The van der Waals surface area contributed by atoms with E-state index in [2.05, 4.69) is 25.3 Å². The fourth-order valence-electron chi connectivity index (χ4n) is 4.50. The van der Waals surface area contributed by atoms with Crippen molar-refractivity contribution in [1.29, 1.82) is 0 Å². The van der Waals surface area contributed by atoms with Crippen LogP contribution in [0.2, 0.25) is 0 Å². The van der Waals surface area contributed by atoms with Crippen LogP contribution >= 0.6 is 0 Å². The van der Waals surface area contributed by atoms with Crippen LogP contribution in [0.15, 0.2) is 59.8 Å². The van der Waals surface area contributed by atoms with Crippen molar-refractivity contribution >= 4 is 16.5 Å². The molecule has 0 unspecified atom stereocenters. The summed E-state index contributed by atoms with van der Waals surface area (Å²) in [5.41, 5.74) is 3.69. The van der Waals surface area contributed by atoms with Gasteiger partial charge in [0.25, 0.3) is 11.5 Å². The van der Waals surface area contributed by atoms with Crippen LogP contribution in [0, 0.1) is 6.92 Å². The molecule has 34 heavy (non-hydrogen) atoms. The molecule has 2 aromatic heterocycles. The molecule has 0 spiro atoms. The second-order valence-corrected chi connectivity index (χ2v) is 8.54. The summed E-state index contributed by atoms with van der Waals surface area (Å²) in [5, 5.41) is 9.02. The van der Waals surface area contributed by atoms with Crippen LogP contribution in [-0.4, -0.2) is 57.9 Å². The molecule has 0 saturated carbocycles. The van der Waals surface area contributed by atoms with Gasteiger partial charge in [0.2, 0.25) is 0 Å².